The van der Waals surface area contributed by atoms with Crippen molar-refractivity contribution in [1.82, 2.24) is 0 Å². The number of aryl methyl sites for hydroxylation is 4. The van der Waals surface area contributed by atoms with Crippen molar-refractivity contribution in [3.63, 3.8) is 0 Å². The van der Waals surface area contributed by atoms with E-state index in [0.29, 0.717) is 0 Å². The van der Waals surface area contributed by atoms with Crippen molar-refractivity contribution in [2.75, 3.05) is 7.05 Å². The summed E-state index contributed by atoms with van der Waals surface area (Å²) in [7, 11) is 1.80. The van der Waals surface area contributed by atoms with E-state index in [1.165, 1.54) is 136 Å². The molecule has 3 nitrogen and oxygen atoms in total. The number of nitrogens with zero attached hydrogens (tertiary/aromatic N) is 3. The van der Waals surface area contributed by atoms with Crippen molar-refractivity contribution >= 4 is 23.8 Å². The van der Waals surface area contributed by atoms with Gasteiger partial charge in [-0.15, -0.1) is 0 Å². The first-order valence-corrected chi connectivity index (χ1v) is 26.1. The van der Waals surface area contributed by atoms with Crippen LogP contribution in [0.1, 0.15) is 196 Å². The summed E-state index contributed by atoms with van der Waals surface area (Å²) in [6, 6.07) is 8.71. The van der Waals surface area contributed by atoms with E-state index in [1.54, 1.807) is 23.7 Å². The largest absolute Gasteiger partial charge is 0.300 e. The first-order chi connectivity index (χ1) is 32.1. The molecule has 0 unspecified atom stereocenters. The van der Waals surface area contributed by atoms with E-state index in [2.05, 4.69) is 228 Å². The van der Waals surface area contributed by atoms with Gasteiger partial charge in [-0.3, -0.25) is 9.98 Å². The van der Waals surface area contributed by atoms with E-state index in [9.17, 15) is 0 Å². The molecule has 0 bridgehead atoms. The zero-order chi connectivity index (χ0) is 54.5. The Bertz CT molecular complexity index is 2400. The number of fused-ring (bicyclic) bond motifs is 2. The zero-order valence-electron chi connectivity index (χ0n) is 51.0. The summed E-state index contributed by atoms with van der Waals surface area (Å²) in [5.74, 6) is 0.739. The molecule has 1 aliphatic carbocycles. The summed E-state index contributed by atoms with van der Waals surface area (Å²) in [6.07, 6.45) is 7.27. The topological polar surface area (TPSA) is 37.1 Å². The highest BCUT2D eigenvalue weighted by Gasteiger charge is 2.28. The van der Waals surface area contributed by atoms with Gasteiger partial charge >= 0.3 is 0 Å². The van der Waals surface area contributed by atoms with Crippen molar-refractivity contribution in [3.05, 3.63) is 152 Å². The molecule has 2 aliphatic rings. The predicted octanol–water partition coefficient (Wildman–Crippen LogP) is 19.3. The van der Waals surface area contributed by atoms with Gasteiger partial charge in [0, 0.05) is 25.4 Å². The van der Waals surface area contributed by atoms with Gasteiger partial charge in [0.25, 0.3) is 0 Å². The Morgan fingerprint density at radius 2 is 0.829 bits per heavy atom. The van der Waals surface area contributed by atoms with Gasteiger partial charge in [0.05, 0.1) is 11.2 Å². The maximum absolute atomic E-state index is 4.89. The maximum Gasteiger partial charge on any atom is 0.0703 e. The first kappa shape index (κ1) is 63.4. The molecule has 4 aromatic carbocycles. The van der Waals surface area contributed by atoms with E-state index in [0.717, 1.165) is 12.3 Å². The van der Waals surface area contributed by atoms with Crippen LogP contribution in [0, 0.1) is 122 Å². The minimum absolute atomic E-state index is 0.120. The number of aliphatic imine (C=N–C) groups is 3. The van der Waals surface area contributed by atoms with Crippen LogP contribution in [0.2, 0.25) is 0 Å². The van der Waals surface area contributed by atoms with Crippen molar-refractivity contribution in [2.45, 2.75) is 226 Å². The maximum atomic E-state index is 4.89. The molecular formula is C67H103N3. The molecule has 0 saturated heterocycles. The molecule has 4 aromatic rings. The van der Waals surface area contributed by atoms with Crippen LogP contribution >= 0.6 is 0 Å². The molecule has 0 aromatic heterocycles. The highest BCUT2D eigenvalue weighted by atomic mass is 14.8. The summed E-state index contributed by atoms with van der Waals surface area (Å²) in [5.41, 5.74) is 36.4. The number of hydrogen-bond donors (Lipinski definition) is 0. The second-order valence-electron chi connectivity index (χ2n) is 23.1. The van der Waals surface area contributed by atoms with Gasteiger partial charge in [0.1, 0.15) is 0 Å². The van der Waals surface area contributed by atoms with Crippen LogP contribution in [-0.4, -0.2) is 30.7 Å². The molecule has 0 radical (unpaired) electrons. The first-order valence-electron chi connectivity index (χ1n) is 26.1. The van der Waals surface area contributed by atoms with Crippen LogP contribution in [0.3, 0.4) is 0 Å². The Morgan fingerprint density at radius 1 is 0.486 bits per heavy atom. The summed E-state index contributed by atoms with van der Waals surface area (Å²) < 4.78 is 0. The Labute approximate surface area is 433 Å². The summed E-state index contributed by atoms with van der Waals surface area (Å²) >= 11 is 0. The quantitative estimate of drug-likeness (QED) is 0.142. The minimum Gasteiger partial charge on any atom is -0.300 e. The fourth-order valence-electron chi connectivity index (χ4n) is 8.84. The molecule has 0 atom stereocenters. The van der Waals surface area contributed by atoms with Crippen molar-refractivity contribution in [3.8, 4) is 0 Å². The number of hydrogen-bond acceptors (Lipinski definition) is 3. The van der Waals surface area contributed by atoms with Crippen LogP contribution < -0.4 is 0 Å². The lowest BCUT2D eigenvalue weighted by Crippen LogP contribution is -2.08. The lowest BCUT2D eigenvalue weighted by molar-refractivity contribution is 0.586. The molecule has 1 aliphatic heterocycles. The average Bonchev–Trinajstić information content (AvgIpc) is 3.94. The Kier molecular flexibility index (Phi) is 24.7. The van der Waals surface area contributed by atoms with Crippen molar-refractivity contribution in [1.29, 1.82) is 0 Å². The zero-order valence-corrected chi connectivity index (χ0v) is 51.0. The summed E-state index contributed by atoms with van der Waals surface area (Å²) in [5, 5.41) is 0. The Morgan fingerprint density at radius 3 is 1.09 bits per heavy atom. The molecule has 70 heavy (non-hydrogen) atoms. The number of rotatable bonds is 2. The highest BCUT2D eigenvalue weighted by Crippen LogP contribution is 2.40. The fraction of sp³-hybridized carbons (Fsp3) is 0.537. The van der Waals surface area contributed by atoms with Gasteiger partial charge in [0.2, 0.25) is 0 Å². The summed E-state index contributed by atoms with van der Waals surface area (Å²) in [4.78, 5) is 12.9. The van der Waals surface area contributed by atoms with Crippen LogP contribution in [0.25, 0.3) is 0 Å². The third kappa shape index (κ3) is 17.9. The van der Waals surface area contributed by atoms with Gasteiger partial charge < -0.3 is 4.99 Å². The molecule has 3 heteroatoms. The molecular weight excluding hydrogens is 847 g/mol. The van der Waals surface area contributed by atoms with E-state index in [1.807, 2.05) is 19.4 Å². The standard InChI is InChI=1S/C18H26.C17H23N.2C10H14.2C6H13N/c1-10(2)11(3)16-8-17-14(6)12(4)13(5)15(7)18(17)9-16;1-9(2)10(3)16-8-15-13(6)11(4)12(5)14(7)17(15)18-16;2*1-7-5-6-8(2)10(4)9(7)3;1-6(2,3)5-7-4;1-5-7-6(2,3)4/h16H,8-9H2,1-7H3;8H2,1-7H3;2*5-6H,1-4H3;2*5H,1-4H3. The van der Waals surface area contributed by atoms with Gasteiger partial charge in [-0.2, -0.15) is 0 Å². The SMILES string of the molecule is CC(C)=C(C)C1=Nc2c(C)c(C)c(C)c(C)c2C1.CC(C)=C(C)C1Cc2c(C)c(C)c(C)c(C)c2C1.CC=NC(C)(C)C.CN=CC(C)(C)C.Cc1ccc(C)c(C)c1C.Cc1ccc(C)c(C)c1C. The van der Waals surface area contributed by atoms with Gasteiger partial charge in [-0.25, -0.2) is 0 Å². The van der Waals surface area contributed by atoms with E-state index >= 15 is 0 Å². The highest BCUT2D eigenvalue weighted by molar-refractivity contribution is 6.07. The van der Waals surface area contributed by atoms with Crippen LogP contribution in [0.4, 0.5) is 5.69 Å². The fourth-order valence-corrected chi connectivity index (χ4v) is 8.84. The van der Waals surface area contributed by atoms with Crippen LogP contribution in [-0.2, 0) is 19.3 Å². The second-order valence-corrected chi connectivity index (χ2v) is 23.1. The second kappa shape index (κ2) is 27.3. The van der Waals surface area contributed by atoms with E-state index < -0.39 is 0 Å². The monoisotopic (exact) mass is 950 g/mol. The number of allylic oxidation sites excluding steroid dienone is 4. The van der Waals surface area contributed by atoms with Crippen molar-refractivity contribution < 1.29 is 0 Å². The minimum atomic E-state index is 0.120. The number of benzene rings is 4. The molecule has 0 spiro atoms. The van der Waals surface area contributed by atoms with Gasteiger partial charge in [0.15, 0.2) is 0 Å². The molecule has 0 N–H and O–H groups in total. The molecule has 0 fully saturated rings. The van der Waals surface area contributed by atoms with E-state index in [4.69, 9.17) is 4.99 Å². The van der Waals surface area contributed by atoms with Crippen molar-refractivity contribution in [2.24, 2.45) is 26.3 Å². The third-order valence-electron chi connectivity index (χ3n) is 15.5. The molecule has 0 saturated carbocycles. The van der Waals surface area contributed by atoms with Crippen LogP contribution in [0.5, 0.6) is 0 Å². The summed E-state index contributed by atoms with van der Waals surface area (Å²) in [6.45, 7) is 63.2. The lowest BCUT2D eigenvalue weighted by atomic mass is 9.90. The molecule has 1 heterocycles. The molecule has 386 valence electrons. The molecule has 0 amide bonds. The lowest BCUT2D eigenvalue weighted by Gasteiger charge is -2.15. The van der Waals surface area contributed by atoms with Gasteiger partial charge in [-0.1, -0.05) is 61.8 Å². The smallest absolute Gasteiger partial charge is 0.0703 e. The van der Waals surface area contributed by atoms with Crippen LogP contribution in [0.15, 0.2) is 61.5 Å². The average molecular weight is 951 g/mol. The Balaban J connectivity index is 0.000000439. The predicted molar refractivity (Wildman–Crippen MR) is 319 cm³/mol. The third-order valence-corrected chi connectivity index (χ3v) is 15.5. The molecule has 6 rings (SSSR count). The Hall–Kier alpha value is -4.63. The van der Waals surface area contributed by atoms with E-state index in [-0.39, 0.29) is 11.0 Å². The van der Waals surface area contributed by atoms with Gasteiger partial charge in [-0.05, 0) is 322 Å². The normalized spacial score (nSPS) is 12.7.